The molecule has 0 saturated heterocycles. The molecule has 0 aliphatic heterocycles. The molecule has 33 heavy (non-hydrogen) atoms. The van der Waals surface area contributed by atoms with Gasteiger partial charge in [0.25, 0.3) is 0 Å². The third kappa shape index (κ3) is 4.42. The molecule has 3 aromatic rings. The highest BCUT2D eigenvalue weighted by Gasteiger charge is 2.59. The molecule has 0 bridgehead atoms. The van der Waals surface area contributed by atoms with Gasteiger partial charge in [-0.2, -0.15) is 18.4 Å². The maximum Gasteiger partial charge on any atom is 0.422 e. The van der Waals surface area contributed by atoms with Gasteiger partial charge in [-0.15, -0.1) is 0 Å². The summed E-state index contributed by atoms with van der Waals surface area (Å²) in [5.74, 6) is -3.98. The number of carbonyl (C=O) groups is 1. The van der Waals surface area contributed by atoms with E-state index in [9.17, 15) is 27.5 Å². The molecule has 0 fully saturated rings. The minimum Gasteiger partial charge on any atom is -0.478 e. The Bertz CT molecular complexity index is 1270. The summed E-state index contributed by atoms with van der Waals surface area (Å²) in [7, 11) is 0. The molecule has 4 nitrogen and oxygen atoms in total. The number of alkyl halides is 3. The zero-order valence-electron chi connectivity index (χ0n) is 17.0. The minimum absolute atomic E-state index is 0.0229. The maximum atomic E-state index is 14.1. The van der Waals surface area contributed by atoms with E-state index in [1.807, 2.05) is 0 Å². The van der Waals surface area contributed by atoms with Crippen LogP contribution in [0.3, 0.4) is 0 Å². The first kappa shape index (κ1) is 24.2. The highest BCUT2D eigenvalue weighted by atomic mass is 35.5. The third-order valence-electron chi connectivity index (χ3n) is 5.49. The highest BCUT2D eigenvalue weighted by molar-refractivity contribution is 6.31. The smallest absolute Gasteiger partial charge is 0.422 e. The molecule has 0 radical (unpaired) electrons. The summed E-state index contributed by atoms with van der Waals surface area (Å²) >= 11 is 6.28. The normalized spacial score (nSPS) is 14.2. The second kappa shape index (κ2) is 8.85. The lowest BCUT2D eigenvalue weighted by Gasteiger charge is -2.37. The van der Waals surface area contributed by atoms with E-state index in [0.717, 1.165) is 31.2 Å². The van der Waals surface area contributed by atoms with E-state index in [2.05, 4.69) is 0 Å². The number of aliphatic hydroxyl groups is 1. The predicted octanol–water partition coefficient (Wildman–Crippen LogP) is 6.27. The van der Waals surface area contributed by atoms with Crippen LogP contribution in [0.5, 0.6) is 0 Å². The number of hydrogen-bond donors (Lipinski definition) is 2. The number of aromatic carboxylic acids is 1. The molecule has 0 heterocycles. The summed E-state index contributed by atoms with van der Waals surface area (Å²) in [5.41, 5.74) is -3.83. The van der Waals surface area contributed by atoms with Crippen molar-refractivity contribution in [2.45, 2.75) is 24.6 Å². The second-order valence-corrected chi connectivity index (χ2v) is 7.82. The van der Waals surface area contributed by atoms with E-state index in [4.69, 9.17) is 22.0 Å². The number of carboxylic acid groups (broad SMARTS) is 1. The highest BCUT2D eigenvalue weighted by Crippen LogP contribution is 2.50. The van der Waals surface area contributed by atoms with Crippen LogP contribution < -0.4 is 0 Å². The van der Waals surface area contributed by atoms with E-state index in [0.29, 0.717) is 5.56 Å². The third-order valence-corrected chi connectivity index (χ3v) is 5.82. The van der Waals surface area contributed by atoms with E-state index < -0.39 is 40.6 Å². The first-order chi connectivity index (χ1) is 15.4. The van der Waals surface area contributed by atoms with E-state index >= 15 is 0 Å². The Kier molecular flexibility index (Phi) is 6.50. The monoisotopic (exact) mass is 477 g/mol. The molecule has 170 valence electrons. The largest absolute Gasteiger partial charge is 0.478 e. The van der Waals surface area contributed by atoms with Gasteiger partial charge in [0.05, 0.1) is 17.2 Å². The van der Waals surface area contributed by atoms with Crippen molar-refractivity contribution in [3.63, 3.8) is 0 Å². The molecular formula is C24H16ClF4NO3. The molecule has 2 unspecified atom stereocenters. The fourth-order valence-corrected chi connectivity index (χ4v) is 3.98. The van der Waals surface area contributed by atoms with Crippen LogP contribution in [0.15, 0.2) is 60.7 Å². The van der Waals surface area contributed by atoms with E-state index in [-0.39, 0.29) is 21.7 Å². The molecule has 2 atom stereocenters. The van der Waals surface area contributed by atoms with Crippen LogP contribution in [-0.4, -0.2) is 22.4 Å². The summed E-state index contributed by atoms with van der Waals surface area (Å²) in [4.78, 5) is 11.0. The summed E-state index contributed by atoms with van der Waals surface area (Å²) < 4.78 is 56.4. The molecule has 9 heteroatoms. The van der Waals surface area contributed by atoms with Gasteiger partial charge < -0.3 is 10.2 Å². The van der Waals surface area contributed by atoms with Gasteiger partial charge in [0.2, 0.25) is 0 Å². The molecule has 2 N–H and O–H groups in total. The number of benzene rings is 3. The molecule has 0 spiro atoms. The second-order valence-electron chi connectivity index (χ2n) is 7.41. The topological polar surface area (TPSA) is 81.3 Å². The Hall–Kier alpha value is -3.41. The van der Waals surface area contributed by atoms with Gasteiger partial charge in [0.15, 0.2) is 5.60 Å². The van der Waals surface area contributed by atoms with Crippen LogP contribution in [0, 0.1) is 17.1 Å². The Morgan fingerprint density at radius 3 is 2.24 bits per heavy atom. The van der Waals surface area contributed by atoms with Crippen molar-refractivity contribution in [3.05, 3.63) is 93.8 Å². The molecule has 0 saturated carbocycles. The Morgan fingerprint density at radius 2 is 1.70 bits per heavy atom. The average molecular weight is 478 g/mol. The van der Waals surface area contributed by atoms with Crippen molar-refractivity contribution >= 4 is 17.6 Å². The maximum absolute atomic E-state index is 14.1. The van der Waals surface area contributed by atoms with Crippen molar-refractivity contribution in [2.75, 3.05) is 0 Å². The lowest BCUT2D eigenvalue weighted by molar-refractivity contribution is -0.274. The fourth-order valence-electron chi connectivity index (χ4n) is 3.64. The van der Waals surface area contributed by atoms with Crippen LogP contribution in [0.4, 0.5) is 17.6 Å². The van der Waals surface area contributed by atoms with Crippen LogP contribution in [-0.2, 0) is 5.60 Å². The number of rotatable bonds is 5. The van der Waals surface area contributed by atoms with Gasteiger partial charge in [0.1, 0.15) is 5.82 Å². The molecule has 0 aliphatic carbocycles. The van der Waals surface area contributed by atoms with Gasteiger partial charge in [-0.1, -0.05) is 48.9 Å². The average Bonchev–Trinajstić information content (AvgIpc) is 2.76. The summed E-state index contributed by atoms with van der Waals surface area (Å²) in [6.07, 6.45) is -5.10. The number of halogens is 5. The standard InChI is InChI=1S/C24H16ClF4NO3/c1-13(23(33,24(27,28)29)17-4-2-3-14(9-17)12-30)18-7-5-15(10-20(18)25)16-6-8-19(22(31)32)21(26)11-16/h2-11,13,33H,1H3,(H,31,32). The lowest BCUT2D eigenvalue weighted by atomic mass is 9.77. The van der Waals surface area contributed by atoms with Crippen LogP contribution in [0.2, 0.25) is 5.02 Å². The molecular weight excluding hydrogens is 462 g/mol. The lowest BCUT2D eigenvalue weighted by Crippen LogP contribution is -2.46. The van der Waals surface area contributed by atoms with Gasteiger partial charge in [-0.25, -0.2) is 9.18 Å². The van der Waals surface area contributed by atoms with Gasteiger partial charge in [-0.3, -0.25) is 0 Å². The van der Waals surface area contributed by atoms with Crippen molar-refractivity contribution in [1.82, 2.24) is 0 Å². The van der Waals surface area contributed by atoms with Crippen LogP contribution in [0.1, 0.15) is 39.9 Å². The summed E-state index contributed by atoms with van der Waals surface area (Å²) in [5, 5.41) is 28.8. The Labute approximate surface area is 191 Å². The first-order valence-electron chi connectivity index (χ1n) is 9.52. The summed E-state index contributed by atoms with van der Waals surface area (Å²) in [6, 6.07) is 13.8. The van der Waals surface area contributed by atoms with Crippen molar-refractivity contribution < 1.29 is 32.6 Å². The number of nitriles is 1. The Balaban J connectivity index is 2.07. The van der Waals surface area contributed by atoms with Gasteiger partial charge in [0, 0.05) is 10.9 Å². The summed E-state index contributed by atoms with van der Waals surface area (Å²) in [6.45, 7) is 1.16. The molecule has 0 aromatic heterocycles. The minimum atomic E-state index is -5.10. The van der Waals surface area contributed by atoms with Gasteiger partial charge >= 0.3 is 12.1 Å². The van der Waals surface area contributed by atoms with E-state index in [1.54, 1.807) is 6.07 Å². The van der Waals surface area contributed by atoms with Crippen LogP contribution in [0.25, 0.3) is 11.1 Å². The Morgan fingerprint density at radius 1 is 1.06 bits per heavy atom. The first-order valence-corrected chi connectivity index (χ1v) is 9.90. The quantitative estimate of drug-likeness (QED) is 0.424. The number of carboxylic acids is 1. The number of nitrogens with zero attached hydrogens (tertiary/aromatic N) is 1. The van der Waals surface area contributed by atoms with Crippen molar-refractivity contribution in [2.24, 2.45) is 0 Å². The number of hydrogen-bond acceptors (Lipinski definition) is 3. The molecule has 3 aromatic carbocycles. The van der Waals surface area contributed by atoms with Crippen LogP contribution >= 0.6 is 11.6 Å². The zero-order chi connectivity index (χ0) is 24.6. The zero-order valence-corrected chi connectivity index (χ0v) is 17.7. The fraction of sp³-hybridized carbons (Fsp3) is 0.167. The van der Waals surface area contributed by atoms with Gasteiger partial charge in [-0.05, 0) is 52.6 Å². The van der Waals surface area contributed by atoms with E-state index in [1.165, 1.54) is 36.4 Å². The predicted molar refractivity (Wildman–Crippen MR) is 113 cm³/mol. The molecule has 0 amide bonds. The van der Waals surface area contributed by atoms with Crippen molar-refractivity contribution in [3.8, 4) is 17.2 Å². The molecule has 3 rings (SSSR count). The van der Waals surface area contributed by atoms with Crippen molar-refractivity contribution in [1.29, 1.82) is 5.26 Å². The molecule has 0 aliphatic rings. The SMILES string of the molecule is CC(c1ccc(-c2ccc(C(=O)O)c(F)c2)cc1Cl)C(O)(c1cccc(C#N)c1)C(F)(F)F.